The standard InChI is InChI=1S/C16H29NO/c1-6-10-17-13(12-9-7-8-11-18-12)14-15(2,3)16(14,4)5/h9,13-14,17H,6-8,10-11H2,1-5H3. The summed E-state index contributed by atoms with van der Waals surface area (Å²) >= 11 is 0. The number of nitrogens with one attached hydrogen (secondary N) is 1. The third-order valence-corrected chi connectivity index (χ3v) is 5.35. The number of allylic oxidation sites excluding steroid dienone is 1. The van der Waals surface area contributed by atoms with Crippen LogP contribution >= 0.6 is 0 Å². The molecule has 1 aliphatic carbocycles. The lowest BCUT2D eigenvalue weighted by atomic mass is 10.00. The van der Waals surface area contributed by atoms with Gasteiger partial charge in [-0.15, -0.1) is 0 Å². The number of ether oxygens (including phenoxy) is 1. The van der Waals surface area contributed by atoms with Crippen LogP contribution in [0.5, 0.6) is 0 Å². The van der Waals surface area contributed by atoms with Gasteiger partial charge in [0.1, 0.15) is 5.76 Å². The smallest absolute Gasteiger partial charge is 0.109 e. The van der Waals surface area contributed by atoms with Crippen LogP contribution in [0.2, 0.25) is 0 Å². The van der Waals surface area contributed by atoms with E-state index in [0.29, 0.717) is 22.8 Å². The van der Waals surface area contributed by atoms with Gasteiger partial charge in [-0.2, -0.15) is 0 Å². The summed E-state index contributed by atoms with van der Waals surface area (Å²) in [6.45, 7) is 13.8. The van der Waals surface area contributed by atoms with E-state index in [0.717, 1.165) is 13.2 Å². The molecule has 0 spiro atoms. The third-order valence-electron chi connectivity index (χ3n) is 5.35. The molecular weight excluding hydrogens is 222 g/mol. The van der Waals surface area contributed by atoms with Crippen molar-refractivity contribution >= 4 is 0 Å². The second kappa shape index (κ2) is 4.88. The van der Waals surface area contributed by atoms with Gasteiger partial charge in [0.2, 0.25) is 0 Å². The van der Waals surface area contributed by atoms with E-state index in [4.69, 9.17) is 4.74 Å². The summed E-state index contributed by atoms with van der Waals surface area (Å²) in [5.74, 6) is 1.89. The molecule has 0 radical (unpaired) electrons. The van der Waals surface area contributed by atoms with Crippen molar-refractivity contribution in [1.82, 2.24) is 5.32 Å². The molecule has 1 unspecified atom stereocenters. The lowest BCUT2D eigenvalue weighted by molar-refractivity contribution is 0.156. The predicted octanol–water partition coefficient (Wildman–Crippen LogP) is 3.73. The highest BCUT2D eigenvalue weighted by Gasteiger charge is 2.67. The maximum atomic E-state index is 5.92. The zero-order valence-electron chi connectivity index (χ0n) is 12.7. The Morgan fingerprint density at radius 1 is 1.33 bits per heavy atom. The second-order valence-electron chi connectivity index (χ2n) is 6.95. The molecule has 1 fully saturated rings. The highest BCUT2D eigenvalue weighted by Crippen LogP contribution is 2.70. The maximum Gasteiger partial charge on any atom is 0.109 e. The summed E-state index contributed by atoms with van der Waals surface area (Å²) in [5, 5.41) is 3.72. The van der Waals surface area contributed by atoms with Crippen LogP contribution in [0.4, 0.5) is 0 Å². The Hall–Kier alpha value is -0.500. The van der Waals surface area contributed by atoms with Gasteiger partial charge >= 0.3 is 0 Å². The Bertz CT molecular complexity index is 316. The average Bonchev–Trinajstić information content (AvgIpc) is 2.74. The molecule has 2 nitrogen and oxygen atoms in total. The normalized spacial score (nSPS) is 27.3. The molecule has 0 aromatic rings. The van der Waals surface area contributed by atoms with E-state index in [1.807, 2.05) is 0 Å². The third kappa shape index (κ3) is 2.20. The summed E-state index contributed by atoms with van der Waals surface area (Å²) in [7, 11) is 0. The Kier molecular flexibility index (Phi) is 3.77. The Morgan fingerprint density at radius 3 is 2.44 bits per heavy atom. The van der Waals surface area contributed by atoms with Gasteiger partial charge < -0.3 is 10.1 Å². The maximum absolute atomic E-state index is 5.92. The first-order chi connectivity index (χ1) is 8.43. The minimum absolute atomic E-state index is 0.403. The first-order valence-corrected chi connectivity index (χ1v) is 7.49. The van der Waals surface area contributed by atoms with Gasteiger partial charge in [0, 0.05) is 0 Å². The van der Waals surface area contributed by atoms with Crippen molar-refractivity contribution in [2.75, 3.05) is 13.2 Å². The molecule has 0 aromatic heterocycles. The van der Waals surface area contributed by atoms with Gasteiger partial charge in [-0.1, -0.05) is 34.6 Å². The molecule has 0 bridgehead atoms. The van der Waals surface area contributed by atoms with E-state index in [1.165, 1.54) is 25.0 Å². The molecule has 0 amide bonds. The lowest BCUT2D eigenvalue weighted by Gasteiger charge is -2.26. The van der Waals surface area contributed by atoms with Gasteiger partial charge in [-0.25, -0.2) is 0 Å². The molecule has 0 saturated heterocycles. The summed E-state index contributed by atoms with van der Waals surface area (Å²) < 4.78 is 5.92. The zero-order chi connectivity index (χ0) is 13.4. The predicted molar refractivity (Wildman–Crippen MR) is 76.4 cm³/mol. The van der Waals surface area contributed by atoms with E-state index in [9.17, 15) is 0 Å². The summed E-state index contributed by atoms with van der Waals surface area (Å²) in [6, 6.07) is 0.412. The second-order valence-corrected chi connectivity index (χ2v) is 6.95. The van der Waals surface area contributed by atoms with Crippen LogP contribution in [0.25, 0.3) is 0 Å². The number of hydrogen-bond acceptors (Lipinski definition) is 2. The van der Waals surface area contributed by atoms with Crippen molar-refractivity contribution in [3.05, 3.63) is 11.8 Å². The van der Waals surface area contributed by atoms with Crippen LogP contribution in [-0.4, -0.2) is 19.2 Å². The van der Waals surface area contributed by atoms with Crippen molar-refractivity contribution < 1.29 is 4.74 Å². The van der Waals surface area contributed by atoms with Crippen molar-refractivity contribution in [3.63, 3.8) is 0 Å². The Labute approximate surface area is 112 Å². The highest BCUT2D eigenvalue weighted by molar-refractivity contribution is 5.23. The minimum atomic E-state index is 0.403. The van der Waals surface area contributed by atoms with E-state index in [-0.39, 0.29) is 0 Å². The fourth-order valence-electron chi connectivity index (χ4n) is 3.56. The van der Waals surface area contributed by atoms with Crippen LogP contribution in [-0.2, 0) is 4.74 Å². The average molecular weight is 251 g/mol. The zero-order valence-corrected chi connectivity index (χ0v) is 12.7. The molecule has 104 valence electrons. The van der Waals surface area contributed by atoms with Gasteiger partial charge in [-0.3, -0.25) is 0 Å². The molecule has 1 aliphatic heterocycles. The topological polar surface area (TPSA) is 21.3 Å². The highest BCUT2D eigenvalue weighted by atomic mass is 16.5. The van der Waals surface area contributed by atoms with E-state index in [2.05, 4.69) is 46.0 Å². The van der Waals surface area contributed by atoms with Crippen molar-refractivity contribution in [2.45, 2.75) is 59.9 Å². The van der Waals surface area contributed by atoms with Gasteiger partial charge in [0.05, 0.1) is 12.6 Å². The van der Waals surface area contributed by atoms with Crippen LogP contribution in [0.15, 0.2) is 11.8 Å². The molecule has 1 saturated carbocycles. The van der Waals surface area contributed by atoms with Gasteiger partial charge in [-0.05, 0) is 48.6 Å². The van der Waals surface area contributed by atoms with Gasteiger partial charge in [0.15, 0.2) is 0 Å². The largest absolute Gasteiger partial charge is 0.497 e. The molecule has 1 atom stereocenters. The fourth-order valence-corrected chi connectivity index (χ4v) is 3.56. The molecule has 2 heteroatoms. The Morgan fingerprint density at radius 2 is 2.00 bits per heavy atom. The quantitative estimate of drug-likeness (QED) is 0.804. The van der Waals surface area contributed by atoms with E-state index >= 15 is 0 Å². The van der Waals surface area contributed by atoms with Gasteiger partial charge in [0.25, 0.3) is 0 Å². The molecule has 0 aromatic carbocycles. The molecular formula is C16H29NO. The van der Waals surface area contributed by atoms with Crippen LogP contribution in [0, 0.1) is 16.7 Å². The van der Waals surface area contributed by atoms with Crippen LogP contribution < -0.4 is 5.32 Å². The SMILES string of the molecule is CCCNC(C1=CCCCO1)C1C(C)(C)C1(C)C. The van der Waals surface area contributed by atoms with Crippen LogP contribution in [0.1, 0.15) is 53.9 Å². The monoisotopic (exact) mass is 251 g/mol. The first kappa shape index (κ1) is 13.9. The van der Waals surface area contributed by atoms with Crippen molar-refractivity contribution in [2.24, 2.45) is 16.7 Å². The number of hydrogen-bond donors (Lipinski definition) is 1. The molecule has 1 heterocycles. The van der Waals surface area contributed by atoms with Crippen molar-refractivity contribution in [3.8, 4) is 0 Å². The fraction of sp³-hybridized carbons (Fsp3) is 0.875. The Balaban J connectivity index is 2.14. The summed E-state index contributed by atoms with van der Waals surface area (Å²) in [4.78, 5) is 0. The van der Waals surface area contributed by atoms with Crippen molar-refractivity contribution in [1.29, 1.82) is 0 Å². The molecule has 18 heavy (non-hydrogen) atoms. The first-order valence-electron chi connectivity index (χ1n) is 7.49. The number of rotatable bonds is 5. The molecule has 1 N–H and O–H groups in total. The summed E-state index contributed by atoms with van der Waals surface area (Å²) in [6.07, 6.45) is 5.83. The summed E-state index contributed by atoms with van der Waals surface area (Å²) in [5.41, 5.74) is 0.806. The molecule has 2 aliphatic rings. The molecule has 2 rings (SSSR count). The minimum Gasteiger partial charge on any atom is -0.497 e. The van der Waals surface area contributed by atoms with Crippen LogP contribution in [0.3, 0.4) is 0 Å². The van der Waals surface area contributed by atoms with E-state index < -0.39 is 0 Å². The lowest BCUT2D eigenvalue weighted by Crippen LogP contribution is -2.37. The van der Waals surface area contributed by atoms with E-state index in [1.54, 1.807) is 0 Å².